The van der Waals surface area contributed by atoms with Crippen LogP contribution in [0.2, 0.25) is 0 Å². The van der Waals surface area contributed by atoms with E-state index in [2.05, 4.69) is 17.3 Å². The summed E-state index contributed by atoms with van der Waals surface area (Å²) in [6.07, 6.45) is 4.83. The van der Waals surface area contributed by atoms with Gasteiger partial charge in [-0.3, -0.25) is 9.78 Å². The van der Waals surface area contributed by atoms with Crippen LogP contribution in [0.1, 0.15) is 36.2 Å². The van der Waals surface area contributed by atoms with Crippen molar-refractivity contribution in [3.05, 3.63) is 71.3 Å². The van der Waals surface area contributed by atoms with Crippen LogP contribution in [-0.4, -0.2) is 28.5 Å². The highest BCUT2D eigenvalue weighted by molar-refractivity contribution is 5.93. The van der Waals surface area contributed by atoms with E-state index in [1.165, 1.54) is 6.07 Å². The number of carbonyl (C=O) groups is 1. The van der Waals surface area contributed by atoms with Gasteiger partial charge in [-0.15, -0.1) is 0 Å². The number of halogens is 3. The van der Waals surface area contributed by atoms with E-state index in [0.717, 1.165) is 37.1 Å². The second-order valence-corrected chi connectivity index (χ2v) is 5.82. The molecule has 1 aromatic carbocycles. The van der Waals surface area contributed by atoms with Crippen molar-refractivity contribution in [3.8, 4) is 0 Å². The Bertz CT molecular complexity index is 824. The SMILES string of the molecule is CCC1C=C(c2ccc(C(N)=O)cc2F)N(CC)N1.Fc1cncc(F)c1. The molecule has 144 valence electrons. The first-order valence-corrected chi connectivity index (χ1v) is 8.47. The first-order valence-electron chi connectivity index (χ1n) is 8.47. The zero-order valence-electron chi connectivity index (χ0n) is 15.0. The summed E-state index contributed by atoms with van der Waals surface area (Å²) in [5, 5.41) is 1.91. The van der Waals surface area contributed by atoms with Crippen molar-refractivity contribution in [3.63, 3.8) is 0 Å². The summed E-state index contributed by atoms with van der Waals surface area (Å²) in [6.45, 7) is 4.80. The molecule has 1 aliphatic rings. The van der Waals surface area contributed by atoms with Crippen molar-refractivity contribution in [1.29, 1.82) is 0 Å². The van der Waals surface area contributed by atoms with Gasteiger partial charge in [0.25, 0.3) is 0 Å². The Balaban J connectivity index is 0.000000273. The molecule has 1 aromatic heterocycles. The molecule has 0 fully saturated rings. The molecule has 1 unspecified atom stereocenters. The predicted octanol–water partition coefficient (Wildman–Crippen LogP) is 3.24. The van der Waals surface area contributed by atoms with Crippen molar-refractivity contribution in [2.24, 2.45) is 5.73 Å². The molecular formula is C19H21F3N4O. The van der Waals surface area contributed by atoms with Gasteiger partial charge < -0.3 is 10.7 Å². The number of hydrogen-bond acceptors (Lipinski definition) is 4. The van der Waals surface area contributed by atoms with E-state index in [-0.39, 0.29) is 11.6 Å². The molecule has 2 aromatic rings. The Labute approximate surface area is 155 Å². The zero-order chi connectivity index (χ0) is 20.0. The molecule has 0 saturated carbocycles. The number of nitrogens with zero attached hydrogens (tertiary/aromatic N) is 2. The topological polar surface area (TPSA) is 71.2 Å². The standard InChI is InChI=1S/C14H18FN3O.C5H3F2N/c1-3-10-8-13(18(4-2)17-10)11-6-5-9(14(16)19)7-12(11)15;6-4-1-5(7)3-8-2-4/h5-8,10,17H,3-4H2,1-2H3,(H2,16,19);1-3H. The lowest BCUT2D eigenvalue weighted by molar-refractivity contribution is 0.1000. The van der Waals surface area contributed by atoms with Gasteiger partial charge in [0, 0.05) is 29.8 Å². The van der Waals surface area contributed by atoms with E-state index in [9.17, 15) is 18.0 Å². The number of aromatic nitrogens is 1. The lowest BCUT2D eigenvalue weighted by Crippen LogP contribution is -2.36. The van der Waals surface area contributed by atoms with Crippen molar-refractivity contribution in [2.45, 2.75) is 26.3 Å². The van der Waals surface area contributed by atoms with Crippen LogP contribution in [0.25, 0.3) is 5.70 Å². The Morgan fingerprint density at radius 2 is 1.85 bits per heavy atom. The molecule has 0 saturated heterocycles. The molecule has 0 spiro atoms. The van der Waals surface area contributed by atoms with E-state index in [1.54, 1.807) is 12.1 Å². The molecule has 8 heteroatoms. The summed E-state index contributed by atoms with van der Waals surface area (Å²) in [6, 6.07) is 5.32. The molecule has 5 nitrogen and oxygen atoms in total. The molecule has 0 aliphatic carbocycles. The van der Waals surface area contributed by atoms with Crippen LogP contribution in [0.4, 0.5) is 13.2 Å². The lowest BCUT2D eigenvalue weighted by atomic mass is 10.1. The molecule has 1 atom stereocenters. The van der Waals surface area contributed by atoms with Crippen LogP contribution < -0.4 is 11.2 Å². The molecular weight excluding hydrogens is 357 g/mol. The van der Waals surface area contributed by atoms with Crippen LogP contribution in [0.15, 0.2) is 42.7 Å². The van der Waals surface area contributed by atoms with Gasteiger partial charge in [0.1, 0.15) is 17.5 Å². The molecule has 2 heterocycles. The third-order valence-electron chi connectivity index (χ3n) is 3.93. The third kappa shape index (κ3) is 5.30. The summed E-state index contributed by atoms with van der Waals surface area (Å²) >= 11 is 0. The maximum Gasteiger partial charge on any atom is 0.248 e. The number of carbonyl (C=O) groups excluding carboxylic acids is 1. The minimum Gasteiger partial charge on any atom is -0.366 e. The second-order valence-electron chi connectivity index (χ2n) is 5.82. The van der Waals surface area contributed by atoms with Gasteiger partial charge in [-0.1, -0.05) is 6.92 Å². The third-order valence-corrected chi connectivity index (χ3v) is 3.93. The zero-order valence-corrected chi connectivity index (χ0v) is 15.0. The lowest BCUT2D eigenvalue weighted by Gasteiger charge is -2.22. The molecule has 1 amide bonds. The number of rotatable bonds is 4. The quantitative estimate of drug-likeness (QED) is 0.857. The summed E-state index contributed by atoms with van der Waals surface area (Å²) < 4.78 is 37.8. The van der Waals surface area contributed by atoms with Gasteiger partial charge in [0.15, 0.2) is 0 Å². The molecule has 27 heavy (non-hydrogen) atoms. The summed E-state index contributed by atoms with van der Waals surface area (Å²) in [4.78, 5) is 14.3. The van der Waals surface area contributed by atoms with E-state index in [1.807, 2.05) is 18.0 Å². The van der Waals surface area contributed by atoms with Crippen molar-refractivity contribution >= 4 is 11.6 Å². The monoisotopic (exact) mass is 378 g/mol. The average molecular weight is 378 g/mol. The average Bonchev–Trinajstić information content (AvgIpc) is 3.05. The Morgan fingerprint density at radius 3 is 2.30 bits per heavy atom. The number of pyridine rings is 1. The molecule has 3 N–H and O–H groups in total. The predicted molar refractivity (Wildman–Crippen MR) is 96.6 cm³/mol. The number of amides is 1. The van der Waals surface area contributed by atoms with Gasteiger partial charge in [-0.05, 0) is 37.6 Å². The van der Waals surface area contributed by atoms with Gasteiger partial charge in [0.05, 0.1) is 18.1 Å². The number of hydrogen-bond donors (Lipinski definition) is 2. The van der Waals surface area contributed by atoms with Crippen molar-refractivity contribution in [1.82, 2.24) is 15.4 Å². The summed E-state index contributed by atoms with van der Waals surface area (Å²) in [5.74, 6) is -2.35. The van der Waals surface area contributed by atoms with Gasteiger partial charge in [0.2, 0.25) is 5.91 Å². The number of hydrazine groups is 1. The van der Waals surface area contributed by atoms with E-state index in [4.69, 9.17) is 5.73 Å². The van der Waals surface area contributed by atoms with Crippen LogP contribution in [0.5, 0.6) is 0 Å². The van der Waals surface area contributed by atoms with Crippen molar-refractivity contribution < 1.29 is 18.0 Å². The number of nitrogens with one attached hydrogen (secondary N) is 1. The number of primary amides is 1. The van der Waals surface area contributed by atoms with Gasteiger partial charge in [-0.2, -0.15) is 0 Å². The smallest absolute Gasteiger partial charge is 0.248 e. The highest BCUT2D eigenvalue weighted by Gasteiger charge is 2.23. The Hall–Kier alpha value is -2.87. The number of benzene rings is 1. The fraction of sp³-hybridized carbons (Fsp3) is 0.263. The Kier molecular flexibility index (Phi) is 6.95. The Morgan fingerprint density at radius 1 is 1.19 bits per heavy atom. The second kappa shape index (κ2) is 9.18. The fourth-order valence-electron chi connectivity index (χ4n) is 2.56. The minimum atomic E-state index is -0.648. The highest BCUT2D eigenvalue weighted by atomic mass is 19.1. The van der Waals surface area contributed by atoms with Crippen LogP contribution in [0, 0.1) is 17.5 Å². The molecule has 0 radical (unpaired) electrons. The molecule has 0 bridgehead atoms. The minimum absolute atomic E-state index is 0.183. The summed E-state index contributed by atoms with van der Waals surface area (Å²) in [5.41, 5.74) is 9.90. The maximum absolute atomic E-state index is 14.1. The van der Waals surface area contributed by atoms with E-state index < -0.39 is 23.4 Å². The van der Waals surface area contributed by atoms with Crippen LogP contribution >= 0.6 is 0 Å². The molecule has 3 rings (SSSR count). The van der Waals surface area contributed by atoms with Gasteiger partial charge >= 0.3 is 0 Å². The fourth-order valence-corrected chi connectivity index (χ4v) is 2.56. The first kappa shape index (κ1) is 20.4. The van der Waals surface area contributed by atoms with E-state index >= 15 is 0 Å². The normalized spacial score (nSPS) is 15.8. The van der Waals surface area contributed by atoms with Crippen LogP contribution in [0.3, 0.4) is 0 Å². The maximum atomic E-state index is 14.1. The first-order chi connectivity index (χ1) is 12.8. The number of nitrogens with two attached hydrogens (primary N) is 1. The summed E-state index contributed by atoms with van der Waals surface area (Å²) in [7, 11) is 0. The van der Waals surface area contributed by atoms with Crippen molar-refractivity contribution in [2.75, 3.05) is 6.54 Å². The van der Waals surface area contributed by atoms with Crippen LogP contribution in [-0.2, 0) is 0 Å². The molecule has 1 aliphatic heterocycles. The highest BCUT2D eigenvalue weighted by Crippen LogP contribution is 2.26. The van der Waals surface area contributed by atoms with E-state index in [0.29, 0.717) is 5.56 Å². The largest absolute Gasteiger partial charge is 0.366 e. The van der Waals surface area contributed by atoms with Gasteiger partial charge in [-0.25, -0.2) is 18.6 Å².